The van der Waals surface area contributed by atoms with E-state index >= 15 is 0 Å². The second-order valence-corrected chi connectivity index (χ2v) is 6.82. The van der Waals surface area contributed by atoms with Crippen LogP contribution in [0.1, 0.15) is 28.8 Å². The molecule has 3 amide bonds. The predicted octanol–water partition coefficient (Wildman–Crippen LogP) is 1.91. The van der Waals surface area contributed by atoms with E-state index in [4.69, 9.17) is 9.47 Å². The van der Waals surface area contributed by atoms with Crippen LogP contribution in [-0.2, 0) is 6.54 Å². The van der Waals surface area contributed by atoms with E-state index in [1.807, 2.05) is 18.2 Å². The number of aromatic nitrogens is 1. The largest absolute Gasteiger partial charge is 0.454 e. The molecule has 2 aliphatic rings. The van der Waals surface area contributed by atoms with Gasteiger partial charge in [-0.25, -0.2) is 4.79 Å². The fourth-order valence-corrected chi connectivity index (χ4v) is 3.33. The Balaban J connectivity index is 1.22. The minimum Gasteiger partial charge on any atom is -0.454 e. The molecule has 1 saturated heterocycles. The predicted molar refractivity (Wildman–Crippen MR) is 101 cm³/mol. The van der Waals surface area contributed by atoms with Crippen LogP contribution in [-0.4, -0.2) is 47.7 Å². The summed E-state index contributed by atoms with van der Waals surface area (Å²) < 4.78 is 10.6. The summed E-state index contributed by atoms with van der Waals surface area (Å²) in [6.07, 6.45) is 4.64. The summed E-state index contributed by atoms with van der Waals surface area (Å²) in [6, 6.07) is 9.07. The number of carbonyl (C=O) groups is 2. The smallest absolute Gasteiger partial charge is 0.317 e. The molecule has 1 fully saturated rings. The molecular weight excluding hydrogens is 360 g/mol. The second kappa shape index (κ2) is 8.16. The van der Waals surface area contributed by atoms with Crippen LogP contribution in [0.3, 0.4) is 0 Å². The summed E-state index contributed by atoms with van der Waals surface area (Å²) in [6.45, 7) is 1.86. The highest BCUT2D eigenvalue weighted by atomic mass is 16.7. The molecule has 8 heteroatoms. The number of hydrogen-bond acceptors (Lipinski definition) is 5. The van der Waals surface area contributed by atoms with Crippen LogP contribution < -0.4 is 20.1 Å². The Morgan fingerprint density at radius 1 is 1.14 bits per heavy atom. The number of carbonyl (C=O) groups excluding carboxylic acids is 2. The molecule has 146 valence electrons. The molecule has 8 nitrogen and oxygen atoms in total. The first-order valence-electron chi connectivity index (χ1n) is 9.31. The van der Waals surface area contributed by atoms with Crippen molar-refractivity contribution in [2.75, 3.05) is 19.9 Å². The molecule has 1 aromatic carbocycles. The Bertz CT molecular complexity index is 851. The van der Waals surface area contributed by atoms with Crippen LogP contribution in [0.25, 0.3) is 0 Å². The number of nitrogens with zero attached hydrogens (tertiary/aromatic N) is 2. The van der Waals surface area contributed by atoms with Gasteiger partial charge in [-0.2, -0.15) is 0 Å². The highest BCUT2D eigenvalue weighted by Gasteiger charge is 2.24. The van der Waals surface area contributed by atoms with Gasteiger partial charge in [0, 0.05) is 38.1 Å². The molecule has 0 aliphatic carbocycles. The number of rotatable bonds is 4. The number of pyridine rings is 1. The van der Waals surface area contributed by atoms with Crippen molar-refractivity contribution in [2.24, 2.45) is 0 Å². The van der Waals surface area contributed by atoms with Crippen molar-refractivity contribution in [3.63, 3.8) is 0 Å². The van der Waals surface area contributed by atoms with Gasteiger partial charge in [0.15, 0.2) is 11.5 Å². The zero-order chi connectivity index (χ0) is 19.3. The summed E-state index contributed by atoms with van der Waals surface area (Å²) in [4.78, 5) is 30.4. The van der Waals surface area contributed by atoms with Crippen LogP contribution in [0, 0.1) is 0 Å². The maximum absolute atomic E-state index is 12.4. The number of likely N-dealkylation sites (tertiary alicyclic amines) is 1. The number of amides is 3. The third-order valence-electron chi connectivity index (χ3n) is 4.92. The number of nitrogens with one attached hydrogen (secondary N) is 2. The van der Waals surface area contributed by atoms with Crippen molar-refractivity contribution in [1.29, 1.82) is 0 Å². The van der Waals surface area contributed by atoms with Crippen LogP contribution in [0.15, 0.2) is 42.7 Å². The minimum atomic E-state index is -0.126. The molecular formula is C20H22N4O4. The Kier molecular flexibility index (Phi) is 5.27. The zero-order valence-corrected chi connectivity index (χ0v) is 15.4. The standard InChI is InChI=1S/C20H22N4O4/c25-19(15-2-1-7-21-12-15)23-16-5-8-24(9-6-16)20(26)22-11-14-3-4-17-18(10-14)28-13-27-17/h1-4,7,10,12,16H,5-6,8-9,11,13H2,(H,22,26)(H,23,25). The SMILES string of the molecule is O=C(NC1CCN(C(=O)NCc2ccc3c(c2)OCO3)CC1)c1cccnc1. The van der Waals surface area contributed by atoms with E-state index in [1.54, 1.807) is 29.4 Å². The molecule has 0 atom stereocenters. The average Bonchev–Trinajstić information content (AvgIpc) is 3.21. The Morgan fingerprint density at radius 3 is 2.75 bits per heavy atom. The highest BCUT2D eigenvalue weighted by molar-refractivity contribution is 5.94. The molecule has 0 radical (unpaired) electrons. The molecule has 2 N–H and O–H groups in total. The number of urea groups is 1. The van der Waals surface area contributed by atoms with Crippen LogP contribution >= 0.6 is 0 Å². The maximum atomic E-state index is 12.4. The fourth-order valence-electron chi connectivity index (χ4n) is 3.33. The van der Waals surface area contributed by atoms with Gasteiger partial charge in [0.25, 0.3) is 5.91 Å². The lowest BCUT2D eigenvalue weighted by atomic mass is 10.0. The van der Waals surface area contributed by atoms with E-state index in [0.717, 1.165) is 24.2 Å². The quantitative estimate of drug-likeness (QED) is 0.843. The van der Waals surface area contributed by atoms with Crippen molar-refractivity contribution in [2.45, 2.75) is 25.4 Å². The van der Waals surface area contributed by atoms with E-state index in [2.05, 4.69) is 15.6 Å². The number of piperidine rings is 1. The van der Waals surface area contributed by atoms with Crippen LogP contribution in [0.2, 0.25) is 0 Å². The van der Waals surface area contributed by atoms with E-state index < -0.39 is 0 Å². The minimum absolute atomic E-state index is 0.0608. The Labute approximate surface area is 162 Å². The molecule has 0 unspecified atom stereocenters. The van der Waals surface area contributed by atoms with Gasteiger partial charge in [0.2, 0.25) is 6.79 Å². The Hall–Kier alpha value is -3.29. The molecule has 2 aliphatic heterocycles. The molecule has 0 spiro atoms. The average molecular weight is 382 g/mol. The van der Waals surface area contributed by atoms with Crippen molar-refractivity contribution >= 4 is 11.9 Å². The van der Waals surface area contributed by atoms with Crippen molar-refractivity contribution in [3.05, 3.63) is 53.9 Å². The van der Waals surface area contributed by atoms with Gasteiger partial charge in [-0.05, 0) is 42.7 Å². The molecule has 0 bridgehead atoms. The third kappa shape index (κ3) is 4.16. The van der Waals surface area contributed by atoms with Crippen molar-refractivity contribution in [1.82, 2.24) is 20.5 Å². The van der Waals surface area contributed by atoms with E-state index in [9.17, 15) is 9.59 Å². The first-order valence-corrected chi connectivity index (χ1v) is 9.31. The van der Waals surface area contributed by atoms with Crippen molar-refractivity contribution < 1.29 is 19.1 Å². The number of ether oxygens (including phenoxy) is 2. The van der Waals surface area contributed by atoms with Gasteiger partial charge in [-0.15, -0.1) is 0 Å². The summed E-state index contributed by atoms with van der Waals surface area (Å²) in [5.41, 5.74) is 1.50. The number of hydrogen-bond donors (Lipinski definition) is 2. The lowest BCUT2D eigenvalue weighted by Gasteiger charge is -2.32. The topological polar surface area (TPSA) is 92.8 Å². The first-order chi connectivity index (χ1) is 13.7. The summed E-state index contributed by atoms with van der Waals surface area (Å²) in [5.74, 6) is 1.31. The van der Waals surface area contributed by atoms with E-state index in [1.165, 1.54) is 0 Å². The van der Waals surface area contributed by atoms with E-state index in [0.29, 0.717) is 30.9 Å². The van der Waals surface area contributed by atoms with Gasteiger partial charge >= 0.3 is 6.03 Å². The van der Waals surface area contributed by atoms with Crippen LogP contribution in [0.5, 0.6) is 11.5 Å². The van der Waals surface area contributed by atoms with Gasteiger partial charge in [-0.1, -0.05) is 6.07 Å². The molecule has 0 saturated carbocycles. The lowest BCUT2D eigenvalue weighted by Crippen LogP contribution is -2.49. The van der Waals surface area contributed by atoms with Gasteiger partial charge in [0.05, 0.1) is 5.56 Å². The summed E-state index contributed by atoms with van der Waals surface area (Å²) in [5, 5.41) is 5.95. The number of benzene rings is 1. The van der Waals surface area contributed by atoms with Gasteiger partial charge < -0.3 is 25.0 Å². The first kappa shape index (κ1) is 18.1. The fraction of sp³-hybridized carbons (Fsp3) is 0.350. The summed E-state index contributed by atoms with van der Waals surface area (Å²) in [7, 11) is 0. The zero-order valence-electron chi connectivity index (χ0n) is 15.4. The second-order valence-electron chi connectivity index (χ2n) is 6.82. The molecule has 3 heterocycles. The van der Waals surface area contributed by atoms with E-state index in [-0.39, 0.29) is 24.8 Å². The normalized spacial score (nSPS) is 15.9. The van der Waals surface area contributed by atoms with Gasteiger partial charge in [-0.3, -0.25) is 9.78 Å². The molecule has 4 rings (SSSR count). The third-order valence-corrected chi connectivity index (χ3v) is 4.92. The molecule has 28 heavy (non-hydrogen) atoms. The Morgan fingerprint density at radius 2 is 1.96 bits per heavy atom. The summed E-state index contributed by atoms with van der Waals surface area (Å²) >= 11 is 0. The molecule has 2 aromatic rings. The van der Waals surface area contributed by atoms with Gasteiger partial charge in [0.1, 0.15) is 0 Å². The van der Waals surface area contributed by atoms with Crippen LogP contribution in [0.4, 0.5) is 4.79 Å². The molecule has 1 aromatic heterocycles. The van der Waals surface area contributed by atoms with Crippen molar-refractivity contribution in [3.8, 4) is 11.5 Å². The number of fused-ring (bicyclic) bond motifs is 1. The maximum Gasteiger partial charge on any atom is 0.317 e. The monoisotopic (exact) mass is 382 g/mol. The highest BCUT2D eigenvalue weighted by Crippen LogP contribution is 2.32. The lowest BCUT2D eigenvalue weighted by molar-refractivity contribution is 0.0917.